The fraction of sp³-hybridized carbons (Fsp3) is 0.263. The maximum atomic E-state index is 12.8. The number of methoxy groups -OCH3 is 2. The number of hydrogen-bond donors (Lipinski definition) is 0. The van der Waals surface area contributed by atoms with Crippen LogP contribution in [0.1, 0.15) is 5.56 Å². The van der Waals surface area contributed by atoms with E-state index in [0.717, 1.165) is 0 Å². The second-order valence-electron chi connectivity index (χ2n) is 6.11. The number of nitrogens with zero attached hydrogens (tertiary/aromatic N) is 2. The molecule has 0 saturated heterocycles. The minimum atomic E-state index is -1.46. The van der Waals surface area contributed by atoms with Crippen molar-refractivity contribution in [2.24, 2.45) is 0 Å². The molecule has 2 heterocycles. The molecule has 29 heavy (non-hydrogen) atoms. The first kappa shape index (κ1) is 20.7. The van der Waals surface area contributed by atoms with Gasteiger partial charge in [0.1, 0.15) is 16.9 Å². The summed E-state index contributed by atoms with van der Waals surface area (Å²) in [6.45, 7) is 0. The third kappa shape index (κ3) is 3.45. The zero-order chi connectivity index (χ0) is 21.2. The molecule has 2 atom stereocenters. The molecular formula is C19H17BrN2O7. The highest BCUT2D eigenvalue weighted by molar-refractivity contribution is 9.09. The van der Waals surface area contributed by atoms with Crippen LogP contribution in [0.25, 0.3) is 0 Å². The van der Waals surface area contributed by atoms with Crippen molar-refractivity contribution in [3.05, 3.63) is 75.6 Å². The van der Waals surface area contributed by atoms with Crippen LogP contribution in [0.3, 0.4) is 0 Å². The van der Waals surface area contributed by atoms with E-state index in [4.69, 9.17) is 14.2 Å². The molecule has 0 aromatic heterocycles. The van der Waals surface area contributed by atoms with Crippen LogP contribution >= 0.6 is 15.9 Å². The molecule has 1 aromatic carbocycles. The number of alkyl halides is 1. The zero-order valence-electron chi connectivity index (χ0n) is 15.5. The molecule has 0 N–H and O–H groups in total. The predicted molar refractivity (Wildman–Crippen MR) is 105 cm³/mol. The van der Waals surface area contributed by atoms with Gasteiger partial charge in [-0.25, -0.2) is 9.59 Å². The molecule has 152 valence electrons. The molecule has 10 heteroatoms. The molecule has 0 aliphatic carbocycles. The summed E-state index contributed by atoms with van der Waals surface area (Å²) >= 11 is 3.39. The van der Waals surface area contributed by atoms with Gasteiger partial charge in [0.25, 0.3) is 5.69 Å². The number of esters is 2. The first-order chi connectivity index (χ1) is 13.9. The summed E-state index contributed by atoms with van der Waals surface area (Å²) in [5, 5.41) is 11.1. The Morgan fingerprint density at radius 3 is 2.41 bits per heavy atom. The molecule has 2 aliphatic heterocycles. The summed E-state index contributed by atoms with van der Waals surface area (Å²) in [6.07, 6.45) is 6.02. The Labute approximate surface area is 174 Å². The van der Waals surface area contributed by atoms with Gasteiger partial charge in [-0.05, 0) is 29.8 Å². The van der Waals surface area contributed by atoms with Crippen molar-refractivity contribution in [3.8, 4) is 0 Å². The van der Waals surface area contributed by atoms with E-state index in [-0.39, 0.29) is 22.3 Å². The Morgan fingerprint density at radius 1 is 1.21 bits per heavy atom. The molecule has 1 aromatic rings. The molecule has 0 spiro atoms. The largest absolute Gasteiger partial charge is 0.466 e. The molecule has 0 fully saturated rings. The van der Waals surface area contributed by atoms with Crippen LogP contribution in [-0.2, 0) is 29.4 Å². The number of fused-ring (bicyclic) bond motifs is 1. The minimum absolute atomic E-state index is 0.0333. The lowest BCUT2D eigenvalue weighted by Gasteiger charge is -2.46. The quantitative estimate of drug-likeness (QED) is 0.283. The lowest BCUT2D eigenvalue weighted by Crippen LogP contribution is -2.53. The number of carbonyl (C=O) groups excluding carboxylic acids is 2. The van der Waals surface area contributed by atoms with Crippen LogP contribution in [0, 0.1) is 10.1 Å². The molecule has 0 radical (unpaired) electrons. The van der Waals surface area contributed by atoms with E-state index >= 15 is 0 Å². The zero-order valence-corrected chi connectivity index (χ0v) is 17.1. The Bertz CT molecular complexity index is 938. The normalized spacial score (nSPS) is 22.9. The molecular weight excluding hydrogens is 448 g/mol. The highest BCUT2D eigenvalue weighted by Gasteiger charge is 2.52. The van der Waals surface area contributed by atoms with E-state index in [1.807, 2.05) is 0 Å². The van der Waals surface area contributed by atoms with Crippen LogP contribution in [0.4, 0.5) is 5.69 Å². The number of rotatable bonds is 5. The molecule has 0 bridgehead atoms. The smallest absolute Gasteiger partial charge is 0.355 e. The SMILES string of the molecule is COC(=O)C1=C(C(=O)OC)C(CBr)(c2ccc([N+](=O)[O-])cc2)OC2C=CC=CN12. The fourth-order valence-corrected chi connectivity index (χ4v) is 4.01. The minimum Gasteiger partial charge on any atom is -0.466 e. The maximum absolute atomic E-state index is 12.8. The Hall–Kier alpha value is -2.98. The van der Waals surface area contributed by atoms with E-state index in [1.54, 1.807) is 24.4 Å². The van der Waals surface area contributed by atoms with E-state index in [0.29, 0.717) is 5.56 Å². The van der Waals surface area contributed by atoms with Gasteiger partial charge in [0.2, 0.25) is 0 Å². The Morgan fingerprint density at radius 2 is 1.86 bits per heavy atom. The Balaban J connectivity index is 2.31. The van der Waals surface area contributed by atoms with Crippen LogP contribution in [0.5, 0.6) is 0 Å². The lowest BCUT2D eigenvalue weighted by atomic mass is 9.84. The number of non-ortho nitro benzene ring substituents is 1. The average molecular weight is 465 g/mol. The third-order valence-corrected chi connectivity index (χ3v) is 5.42. The molecule has 3 rings (SSSR count). The van der Waals surface area contributed by atoms with Gasteiger partial charge in [0.15, 0.2) is 6.23 Å². The van der Waals surface area contributed by atoms with E-state index < -0.39 is 28.7 Å². The summed E-state index contributed by atoms with van der Waals surface area (Å²) in [5.74, 6) is -1.53. The van der Waals surface area contributed by atoms with Crippen LogP contribution in [0.15, 0.2) is 60.0 Å². The van der Waals surface area contributed by atoms with Crippen LogP contribution in [0.2, 0.25) is 0 Å². The summed E-state index contributed by atoms with van der Waals surface area (Å²) in [7, 11) is 2.40. The monoisotopic (exact) mass is 464 g/mol. The van der Waals surface area contributed by atoms with Crippen molar-refractivity contribution in [1.29, 1.82) is 0 Å². The van der Waals surface area contributed by atoms with Gasteiger partial charge in [0, 0.05) is 23.7 Å². The number of benzene rings is 1. The van der Waals surface area contributed by atoms with Gasteiger partial charge in [-0.15, -0.1) is 0 Å². The molecule has 9 nitrogen and oxygen atoms in total. The second-order valence-corrected chi connectivity index (χ2v) is 6.67. The molecule has 0 saturated carbocycles. The van der Waals surface area contributed by atoms with Crippen molar-refractivity contribution in [2.75, 3.05) is 19.5 Å². The first-order valence-corrected chi connectivity index (χ1v) is 9.55. The van der Waals surface area contributed by atoms with E-state index in [2.05, 4.69) is 15.9 Å². The Kier molecular flexibility index (Phi) is 5.85. The molecule has 2 aliphatic rings. The highest BCUT2D eigenvalue weighted by atomic mass is 79.9. The fourth-order valence-electron chi connectivity index (χ4n) is 3.27. The third-order valence-electron chi connectivity index (χ3n) is 4.63. The standard InChI is InChI=1S/C19H17BrN2O7/c1-27-17(23)15-16(18(24)28-2)21-10-4-3-5-14(21)29-19(15,11-20)12-6-8-13(9-7-12)22(25)26/h3-10,14H,11H2,1-2H3. The van der Waals surface area contributed by atoms with E-state index in [9.17, 15) is 19.7 Å². The predicted octanol–water partition coefficient (Wildman–Crippen LogP) is 2.53. The van der Waals surface area contributed by atoms with E-state index in [1.165, 1.54) is 43.4 Å². The summed E-state index contributed by atoms with van der Waals surface area (Å²) in [4.78, 5) is 37.5. The van der Waals surface area contributed by atoms with Crippen molar-refractivity contribution in [3.63, 3.8) is 0 Å². The van der Waals surface area contributed by atoms with Crippen molar-refractivity contribution in [1.82, 2.24) is 4.90 Å². The van der Waals surface area contributed by atoms with Gasteiger partial charge in [-0.2, -0.15) is 0 Å². The average Bonchev–Trinajstić information content (AvgIpc) is 2.76. The first-order valence-electron chi connectivity index (χ1n) is 8.43. The topological polar surface area (TPSA) is 108 Å². The summed E-state index contributed by atoms with van der Waals surface area (Å²) in [6, 6.07) is 5.57. The van der Waals surface area contributed by atoms with Crippen molar-refractivity contribution >= 4 is 33.6 Å². The maximum Gasteiger partial charge on any atom is 0.355 e. The number of carbonyl (C=O) groups is 2. The van der Waals surface area contributed by atoms with Gasteiger partial charge in [0.05, 0.1) is 19.1 Å². The van der Waals surface area contributed by atoms with Crippen LogP contribution in [-0.4, -0.2) is 47.5 Å². The molecule has 2 unspecified atom stereocenters. The van der Waals surface area contributed by atoms with Crippen molar-refractivity contribution < 1.29 is 28.7 Å². The van der Waals surface area contributed by atoms with Crippen LogP contribution < -0.4 is 0 Å². The molecule has 0 amide bonds. The van der Waals surface area contributed by atoms with Gasteiger partial charge < -0.3 is 19.1 Å². The number of hydrogen-bond acceptors (Lipinski definition) is 8. The summed E-state index contributed by atoms with van der Waals surface area (Å²) in [5.41, 5.74) is -1.25. The number of nitro benzene ring substituents is 1. The number of halogens is 1. The van der Waals surface area contributed by atoms with Gasteiger partial charge in [-0.3, -0.25) is 10.1 Å². The van der Waals surface area contributed by atoms with Gasteiger partial charge in [-0.1, -0.05) is 22.0 Å². The van der Waals surface area contributed by atoms with Gasteiger partial charge >= 0.3 is 11.9 Å². The number of nitro groups is 1. The summed E-state index contributed by atoms with van der Waals surface area (Å²) < 4.78 is 16.2. The number of ether oxygens (including phenoxy) is 3. The number of allylic oxidation sites excluding steroid dienone is 2. The lowest BCUT2D eigenvalue weighted by molar-refractivity contribution is -0.384. The highest BCUT2D eigenvalue weighted by Crippen LogP contribution is 2.45. The second kappa shape index (κ2) is 8.18. The van der Waals surface area contributed by atoms with Crippen molar-refractivity contribution in [2.45, 2.75) is 11.8 Å².